The number of esters is 1. The Morgan fingerprint density at radius 1 is 1.35 bits per heavy atom. The summed E-state index contributed by atoms with van der Waals surface area (Å²) in [6.07, 6.45) is 1.27. The van der Waals surface area contributed by atoms with E-state index in [1.54, 1.807) is 31.2 Å². The van der Waals surface area contributed by atoms with Crippen LogP contribution in [0.5, 0.6) is 5.75 Å². The minimum absolute atomic E-state index is 0.338. The number of hydrogen-bond donors (Lipinski definition) is 1. The highest BCUT2D eigenvalue weighted by Gasteiger charge is 2.15. The molecule has 0 aliphatic rings. The van der Waals surface area contributed by atoms with Gasteiger partial charge in [0, 0.05) is 5.69 Å². The van der Waals surface area contributed by atoms with Crippen molar-refractivity contribution in [2.75, 3.05) is 12.3 Å². The average molecular weight is 237 g/mol. The maximum atomic E-state index is 11.5. The largest absolute Gasteiger partial charge is 0.479 e. The lowest BCUT2D eigenvalue weighted by atomic mass is 10.3. The lowest BCUT2D eigenvalue weighted by molar-refractivity contribution is -0.151. The van der Waals surface area contributed by atoms with Crippen molar-refractivity contribution in [3.05, 3.63) is 24.3 Å². The monoisotopic (exact) mass is 237 g/mol. The van der Waals surface area contributed by atoms with E-state index in [9.17, 15) is 4.79 Å². The molecule has 1 rings (SSSR count). The summed E-state index contributed by atoms with van der Waals surface area (Å²) in [4.78, 5) is 11.5. The zero-order valence-corrected chi connectivity index (χ0v) is 10.3. The van der Waals surface area contributed by atoms with Crippen LogP contribution in [0.2, 0.25) is 0 Å². The van der Waals surface area contributed by atoms with Gasteiger partial charge >= 0.3 is 5.97 Å². The van der Waals surface area contributed by atoms with Crippen molar-refractivity contribution >= 4 is 11.7 Å². The molecule has 0 fully saturated rings. The van der Waals surface area contributed by atoms with Crippen molar-refractivity contribution < 1.29 is 14.3 Å². The van der Waals surface area contributed by atoms with Crippen LogP contribution in [-0.4, -0.2) is 18.7 Å². The first kappa shape index (κ1) is 13.4. The number of carbonyl (C=O) groups excluding carboxylic acids is 1. The van der Waals surface area contributed by atoms with Crippen LogP contribution in [0.15, 0.2) is 24.3 Å². The van der Waals surface area contributed by atoms with Gasteiger partial charge in [-0.3, -0.25) is 0 Å². The van der Waals surface area contributed by atoms with Crippen molar-refractivity contribution in [2.45, 2.75) is 32.8 Å². The SMILES string of the molecule is CCCCOC(=O)C(C)Oc1ccc(N)cc1. The zero-order chi connectivity index (χ0) is 12.7. The van der Waals surface area contributed by atoms with Gasteiger partial charge in [-0.25, -0.2) is 4.79 Å². The van der Waals surface area contributed by atoms with Crippen molar-refractivity contribution in [1.82, 2.24) is 0 Å². The Kier molecular flexibility index (Phi) is 5.33. The molecular weight excluding hydrogens is 218 g/mol. The topological polar surface area (TPSA) is 61.5 Å². The molecule has 0 aromatic heterocycles. The number of nitrogen functional groups attached to an aromatic ring is 1. The van der Waals surface area contributed by atoms with Gasteiger partial charge in [0.2, 0.25) is 0 Å². The number of unbranched alkanes of at least 4 members (excludes halogenated alkanes) is 1. The number of rotatable bonds is 6. The number of nitrogens with two attached hydrogens (primary N) is 1. The predicted octanol–water partition coefficient (Wildman–Crippen LogP) is 2.38. The van der Waals surface area contributed by atoms with Crippen LogP contribution in [0.4, 0.5) is 5.69 Å². The Hall–Kier alpha value is -1.71. The van der Waals surface area contributed by atoms with E-state index in [-0.39, 0.29) is 5.97 Å². The Balaban J connectivity index is 2.40. The van der Waals surface area contributed by atoms with Crippen LogP contribution in [0.3, 0.4) is 0 Å². The summed E-state index contributed by atoms with van der Waals surface area (Å²) in [5, 5.41) is 0. The highest BCUT2D eigenvalue weighted by Crippen LogP contribution is 2.15. The van der Waals surface area contributed by atoms with Gasteiger partial charge in [0.05, 0.1) is 6.61 Å². The van der Waals surface area contributed by atoms with E-state index in [2.05, 4.69) is 0 Å². The first-order valence-electron chi connectivity index (χ1n) is 5.82. The Bertz CT molecular complexity index is 348. The van der Waals surface area contributed by atoms with Crippen molar-refractivity contribution in [2.24, 2.45) is 0 Å². The van der Waals surface area contributed by atoms with Gasteiger partial charge in [0.1, 0.15) is 5.75 Å². The summed E-state index contributed by atoms with van der Waals surface area (Å²) >= 11 is 0. The van der Waals surface area contributed by atoms with Gasteiger partial charge in [0.15, 0.2) is 6.10 Å². The van der Waals surface area contributed by atoms with E-state index in [0.29, 0.717) is 18.0 Å². The molecule has 2 N–H and O–H groups in total. The van der Waals surface area contributed by atoms with Gasteiger partial charge < -0.3 is 15.2 Å². The highest BCUT2D eigenvalue weighted by molar-refractivity contribution is 5.74. The second-order valence-corrected chi connectivity index (χ2v) is 3.85. The predicted molar refractivity (Wildman–Crippen MR) is 66.8 cm³/mol. The van der Waals surface area contributed by atoms with E-state index in [4.69, 9.17) is 15.2 Å². The van der Waals surface area contributed by atoms with Gasteiger partial charge in [-0.05, 0) is 37.6 Å². The van der Waals surface area contributed by atoms with Gasteiger partial charge in [-0.1, -0.05) is 13.3 Å². The van der Waals surface area contributed by atoms with Crippen LogP contribution >= 0.6 is 0 Å². The smallest absolute Gasteiger partial charge is 0.347 e. The molecule has 1 unspecified atom stereocenters. The van der Waals surface area contributed by atoms with E-state index in [1.807, 2.05) is 6.92 Å². The van der Waals surface area contributed by atoms with Gasteiger partial charge in [0.25, 0.3) is 0 Å². The molecule has 17 heavy (non-hydrogen) atoms. The minimum Gasteiger partial charge on any atom is -0.479 e. The lowest BCUT2D eigenvalue weighted by Gasteiger charge is -2.13. The molecule has 0 aliphatic carbocycles. The number of hydrogen-bond acceptors (Lipinski definition) is 4. The van der Waals surface area contributed by atoms with Gasteiger partial charge in [-0.2, -0.15) is 0 Å². The Morgan fingerprint density at radius 2 is 2.00 bits per heavy atom. The van der Waals surface area contributed by atoms with E-state index in [0.717, 1.165) is 12.8 Å². The van der Waals surface area contributed by atoms with Crippen molar-refractivity contribution in [3.63, 3.8) is 0 Å². The van der Waals surface area contributed by atoms with Crippen molar-refractivity contribution in [1.29, 1.82) is 0 Å². The highest BCUT2D eigenvalue weighted by atomic mass is 16.6. The number of carbonyl (C=O) groups is 1. The fraction of sp³-hybridized carbons (Fsp3) is 0.462. The Morgan fingerprint density at radius 3 is 2.59 bits per heavy atom. The Labute approximate surface area is 102 Å². The third kappa shape index (κ3) is 4.76. The first-order valence-corrected chi connectivity index (χ1v) is 5.82. The van der Waals surface area contributed by atoms with Crippen LogP contribution in [0.1, 0.15) is 26.7 Å². The molecule has 0 heterocycles. The van der Waals surface area contributed by atoms with Crippen LogP contribution in [-0.2, 0) is 9.53 Å². The third-order valence-corrected chi connectivity index (χ3v) is 2.27. The molecule has 0 aliphatic heterocycles. The third-order valence-electron chi connectivity index (χ3n) is 2.27. The van der Waals surface area contributed by atoms with E-state index in [1.165, 1.54) is 0 Å². The fourth-order valence-electron chi connectivity index (χ4n) is 1.23. The summed E-state index contributed by atoms with van der Waals surface area (Å²) in [7, 11) is 0. The molecule has 94 valence electrons. The van der Waals surface area contributed by atoms with Crippen molar-refractivity contribution in [3.8, 4) is 5.75 Å². The number of anilines is 1. The number of benzene rings is 1. The van der Waals surface area contributed by atoms with E-state index < -0.39 is 6.10 Å². The second kappa shape index (κ2) is 6.78. The fourth-order valence-corrected chi connectivity index (χ4v) is 1.23. The summed E-state index contributed by atoms with van der Waals surface area (Å²) in [6, 6.07) is 6.91. The molecule has 0 spiro atoms. The molecule has 1 aromatic rings. The molecule has 4 heteroatoms. The summed E-state index contributed by atoms with van der Waals surface area (Å²) in [5.74, 6) is 0.273. The summed E-state index contributed by atoms with van der Waals surface area (Å²) in [5.41, 5.74) is 6.21. The summed E-state index contributed by atoms with van der Waals surface area (Å²) in [6.45, 7) is 4.16. The zero-order valence-electron chi connectivity index (χ0n) is 10.3. The molecule has 0 saturated carbocycles. The average Bonchev–Trinajstić information content (AvgIpc) is 2.32. The molecule has 0 bridgehead atoms. The molecule has 0 saturated heterocycles. The maximum absolute atomic E-state index is 11.5. The van der Waals surface area contributed by atoms with Crippen LogP contribution < -0.4 is 10.5 Å². The number of ether oxygens (including phenoxy) is 2. The van der Waals surface area contributed by atoms with E-state index >= 15 is 0 Å². The first-order chi connectivity index (χ1) is 8.13. The molecular formula is C13H19NO3. The normalized spacial score (nSPS) is 11.9. The van der Waals surface area contributed by atoms with Crippen LogP contribution in [0.25, 0.3) is 0 Å². The standard InChI is InChI=1S/C13H19NO3/c1-3-4-9-16-13(15)10(2)17-12-7-5-11(14)6-8-12/h5-8,10H,3-4,9,14H2,1-2H3. The minimum atomic E-state index is -0.601. The quantitative estimate of drug-likeness (QED) is 0.469. The molecule has 4 nitrogen and oxygen atoms in total. The molecule has 0 radical (unpaired) electrons. The van der Waals surface area contributed by atoms with Crippen LogP contribution in [0, 0.1) is 0 Å². The summed E-state index contributed by atoms with van der Waals surface area (Å²) < 4.78 is 10.5. The molecule has 0 amide bonds. The van der Waals surface area contributed by atoms with Gasteiger partial charge in [-0.15, -0.1) is 0 Å². The molecule has 1 atom stereocenters. The second-order valence-electron chi connectivity index (χ2n) is 3.85. The maximum Gasteiger partial charge on any atom is 0.347 e. The molecule has 1 aromatic carbocycles. The lowest BCUT2D eigenvalue weighted by Crippen LogP contribution is -2.26.